The van der Waals surface area contributed by atoms with E-state index in [2.05, 4.69) is 19.1 Å². The average Bonchev–Trinajstić information content (AvgIpc) is 2.78. The fourth-order valence-corrected chi connectivity index (χ4v) is 4.14. The molecule has 0 amide bonds. The lowest BCUT2D eigenvalue weighted by atomic mass is 10.0. The Labute approximate surface area is 191 Å². The molecular weight excluding hydrogens is 392 g/mol. The molecular formula is C26H50O5. The van der Waals surface area contributed by atoms with Gasteiger partial charge in [-0.15, -0.1) is 0 Å². The third-order valence-electron chi connectivity index (χ3n) is 6.22. The molecule has 0 aromatic heterocycles. The van der Waals surface area contributed by atoms with Crippen molar-refractivity contribution in [2.24, 2.45) is 0 Å². The third-order valence-corrected chi connectivity index (χ3v) is 6.22. The van der Waals surface area contributed by atoms with Crippen LogP contribution in [0.4, 0.5) is 0 Å². The Morgan fingerprint density at radius 2 is 1.29 bits per heavy atom. The van der Waals surface area contributed by atoms with Crippen molar-refractivity contribution in [1.82, 2.24) is 0 Å². The number of aliphatic hydroxyl groups excluding tert-OH is 3. The largest absolute Gasteiger partial charge is 0.394 e. The molecule has 0 bridgehead atoms. The van der Waals surface area contributed by atoms with Crippen LogP contribution in [0.25, 0.3) is 0 Å². The van der Waals surface area contributed by atoms with Crippen molar-refractivity contribution in [3.63, 3.8) is 0 Å². The van der Waals surface area contributed by atoms with Gasteiger partial charge in [0.05, 0.1) is 13.2 Å². The molecule has 5 heteroatoms. The molecule has 4 atom stereocenters. The molecule has 1 aliphatic heterocycles. The van der Waals surface area contributed by atoms with Crippen molar-refractivity contribution < 1.29 is 24.8 Å². The zero-order chi connectivity index (χ0) is 22.6. The first-order chi connectivity index (χ1) is 15.2. The molecule has 0 aliphatic carbocycles. The zero-order valence-electron chi connectivity index (χ0n) is 20.1. The van der Waals surface area contributed by atoms with E-state index in [1.54, 1.807) is 0 Å². The van der Waals surface area contributed by atoms with Crippen LogP contribution in [-0.4, -0.2) is 59.6 Å². The second kappa shape index (κ2) is 20.2. The summed E-state index contributed by atoms with van der Waals surface area (Å²) in [5.41, 5.74) is 0. The van der Waals surface area contributed by atoms with Gasteiger partial charge in [-0.05, 0) is 32.1 Å². The smallest absolute Gasteiger partial charge is 0.114 e. The molecule has 1 rings (SSSR count). The van der Waals surface area contributed by atoms with Crippen molar-refractivity contribution in [1.29, 1.82) is 0 Å². The highest BCUT2D eigenvalue weighted by molar-refractivity contribution is 4.87. The van der Waals surface area contributed by atoms with E-state index in [9.17, 15) is 15.3 Å². The third kappa shape index (κ3) is 14.3. The van der Waals surface area contributed by atoms with Gasteiger partial charge in [-0.3, -0.25) is 0 Å². The molecule has 184 valence electrons. The molecule has 1 saturated heterocycles. The first-order valence-electron chi connectivity index (χ1n) is 13.1. The standard InChI is InChI=1S/C26H50O5/c1-2-3-4-5-6-7-8-9-10-11-12-13-14-15-16-17-18-19-20-30-26-24(21-27)31-22-23(28)25(26)29/h15-16,23-29H,2-14,17-22H2,1H3/b16-15+/t23-,24+,25+,26+/m0/s1. The summed E-state index contributed by atoms with van der Waals surface area (Å²) in [5, 5.41) is 29.0. The van der Waals surface area contributed by atoms with Crippen LogP contribution >= 0.6 is 0 Å². The quantitative estimate of drug-likeness (QED) is 0.176. The van der Waals surface area contributed by atoms with Crippen LogP contribution < -0.4 is 0 Å². The van der Waals surface area contributed by atoms with Gasteiger partial charge < -0.3 is 24.8 Å². The molecule has 1 aliphatic rings. The maximum Gasteiger partial charge on any atom is 0.114 e. The molecule has 1 fully saturated rings. The number of unbranched alkanes of at least 4 members (excludes halogenated alkanes) is 14. The Bertz CT molecular complexity index is 413. The predicted molar refractivity (Wildman–Crippen MR) is 127 cm³/mol. The molecule has 0 aromatic rings. The van der Waals surface area contributed by atoms with Gasteiger partial charge in [0, 0.05) is 6.61 Å². The fourth-order valence-electron chi connectivity index (χ4n) is 4.14. The average molecular weight is 443 g/mol. The minimum absolute atomic E-state index is 0.0379. The Kier molecular flexibility index (Phi) is 18.6. The van der Waals surface area contributed by atoms with E-state index in [1.165, 1.54) is 83.5 Å². The highest BCUT2D eigenvalue weighted by Gasteiger charge is 2.39. The predicted octanol–water partition coefficient (Wildman–Crippen LogP) is 5.30. The zero-order valence-corrected chi connectivity index (χ0v) is 20.1. The summed E-state index contributed by atoms with van der Waals surface area (Å²) in [4.78, 5) is 0. The number of hydrogen-bond donors (Lipinski definition) is 3. The molecule has 0 spiro atoms. The maximum absolute atomic E-state index is 10.0. The SMILES string of the molecule is CCCCCCCCCCCCCC/C=C/CCCCO[C@H]1[C@H](O)[C@@H](O)CO[C@@H]1CO. The Hall–Kier alpha value is -0.460. The number of ether oxygens (including phenoxy) is 2. The van der Waals surface area contributed by atoms with Crippen molar-refractivity contribution >= 4 is 0 Å². The molecule has 0 radical (unpaired) electrons. The topological polar surface area (TPSA) is 79.2 Å². The molecule has 31 heavy (non-hydrogen) atoms. The van der Waals surface area contributed by atoms with Gasteiger partial charge in [-0.2, -0.15) is 0 Å². The summed E-state index contributed by atoms with van der Waals surface area (Å²) in [7, 11) is 0. The first-order valence-corrected chi connectivity index (χ1v) is 13.1. The lowest BCUT2D eigenvalue weighted by molar-refractivity contribution is -0.211. The molecule has 0 unspecified atom stereocenters. The van der Waals surface area contributed by atoms with Crippen LogP contribution in [-0.2, 0) is 9.47 Å². The summed E-state index contributed by atoms with van der Waals surface area (Å²) >= 11 is 0. The van der Waals surface area contributed by atoms with Crippen LogP contribution in [0.3, 0.4) is 0 Å². The van der Waals surface area contributed by atoms with Gasteiger partial charge in [0.2, 0.25) is 0 Å². The Morgan fingerprint density at radius 1 is 0.774 bits per heavy atom. The van der Waals surface area contributed by atoms with Gasteiger partial charge in [0.25, 0.3) is 0 Å². The highest BCUT2D eigenvalue weighted by atomic mass is 16.6. The van der Waals surface area contributed by atoms with Gasteiger partial charge in [-0.25, -0.2) is 0 Å². The summed E-state index contributed by atoms with van der Waals surface area (Å²) in [5.74, 6) is 0. The van der Waals surface area contributed by atoms with Gasteiger partial charge in [0.15, 0.2) is 0 Å². The first kappa shape index (κ1) is 28.6. The molecule has 0 saturated carbocycles. The lowest BCUT2D eigenvalue weighted by Crippen LogP contribution is -2.55. The number of rotatable bonds is 20. The molecule has 0 aromatic carbocycles. The normalized spacial score (nSPS) is 24.3. The van der Waals surface area contributed by atoms with Crippen molar-refractivity contribution in [3.8, 4) is 0 Å². The highest BCUT2D eigenvalue weighted by Crippen LogP contribution is 2.19. The van der Waals surface area contributed by atoms with Crippen LogP contribution in [0, 0.1) is 0 Å². The van der Waals surface area contributed by atoms with E-state index in [1.807, 2.05) is 0 Å². The number of allylic oxidation sites excluding steroid dienone is 2. The summed E-state index contributed by atoms with van der Waals surface area (Å²) < 4.78 is 11.0. The monoisotopic (exact) mass is 442 g/mol. The van der Waals surface area contributed by atoms with Crippen LogP contribution in [0.2, 0.25) is 0 Å². The minimum Gasteiger partial charge on any atom is -0.394 e. The second-order valence-electron chi connectivity index (χ2n) is 9.09. The lowest BCUT2D eigenvalue weighted by Gasteiger charge is -2.37. The number of aliphatic hydroxyl groups is 3. The van der Waals surface area contributed by atoms with E-state index in [-0.39, 0.29) is 13.2 Å². The van der Waals surface area contributed by atoms with Crippen LogP contribution in [0.1, 0.15) is 110 Å². The van der Waals surface area contributed by atoms with E-state index in [4.69, 9.17) is 9.47 Å². The molecule has 1 heterocycles. The molecule has 3 N–H and O–H groups in total. The van der Waals surface area contributed by atoms with E-state index in [0.29, 0.717) is 6.61 Å². The van der Waals surface area contributed by atoms with Gasteiger partial charge in [-0.1, -0.05) is 89.7 Å². The maximum atomic E-state index is 10.0. The van der Waals surface area contributed by atoms with E-state index >= 15 is 0 Å². The van der Waals surface area contributed by atoms with Crippen LogP contribution in [0.5, 0.6) is 0 Å². The van der Waals surface area contributed by atoms with E-state index in [0.717, 1.165) is 19.3 Å². The molecule has 5 nitrogen and oxygen atoms in total. The summed E-state index contributed by atoms with van der Waals surface area (Å²) in [6, 6.07) is 0. The van der Waals surface area contributed by atoms with Gasteiger partial charge in [0.1, 0.15) is 24.4 Å². The Morgan fingerprint density at radius 3 is 1.84 bits per heavy atom. The van der Waals surface area contributed by atoms with E-state index < -0.39 is 24.4 Å². The van der Waals surface area contributed by atoms with Crippen LogP contribution in [0.15, 0.2) is 12.2 Å². The summed E-state index contributed by atoms with van der Waals surface area (Å²) in [6.07, 6.45) is 22.2. The summed E-state index contributed by atoms with van der Waals surface area (Å²) in [6.45, 7) is 2.60. The fraction of sp³-hybridized carbons (Fsp3) is 0.923. The van der Waals surface area contributed by atoms with Gasteiger partial charge >= 0.3 is 0 Å². The van der Waals surface area contributed by atoms with Crippen molar-refractivity contribution in [3.05, 3.63) is 12.2 Å². The number of hydrogen-bond acceptors (Lipinski definition) is 5. The Balaban J connectivity index is 1.85. The van der Waals surface area contributed by atoms with Crippen molar-refractivity contribution in [2.75, 3.05) is 19.8 Å². The minimum atomic E-state index is -0.999. The van der Waals surface area contributed by atoms with Crippen molar-refractivity contribution in [2.45, 2.75) is 134 Å². The second-order valence-corrected chi connectivity index (χ2v) is 9.09.